The zero-order valence-corrected chi connectivity index (χ0v) is 10.4. The second-order valence-corrected chi connectivity index (χ2v) is 5.09. The highest BCUT2D eigenvalue weighted by molar-refractivity contribution is 6.00. The number of aromatic hydroxyl groups is 2. The summed E-state index contributed by atoms with van der Waals surface area (Å²) >= 11 is 0. The summed E-state index contributed by atoms with van der Waals surface area (Å²) in [6.07, 6.45) is 0. The Morgan fingerprint density at radius 1 is 1.28 bits per heavy atom. The molecule has 1 aliphatic heterocycles. The van der Waals surface area contributed by atoms with Crippen molar-refractivity contribution in [2.45, 2.75) is 19.4 Å². The number of benzene rings is 1. The van der Waals surface area contributed by atoms with Crippen LogP contribution in [0.15, 0.2) is 18.2 Å². The first-order valence-electron chi connectivity index (χ1n) is 5.88. The third-order valence-corrected chi connectivity index (χ3v) is 3.53. The van der Waals surface area contributed by atoms with E-state index < -0.39 is 11.5 Å². The SMILES string of the molecule is CC(C)C1(O)CN(C(=O)c2c(O)cccc2O)C1. The van der Waals surface area contributed by atoms with Crippen molar-refractivity contribution >= 4 is 5.91 Å². The molecular weight excluding hydrogens is 234 g/mol. The number of rotatable bonds is 2. The summed E-state index contributed by atoms with van der Waals surface area (Å²) in [5.74, 6) is -0.907. The summed E-state index contributed by atoms with van der Waals surface area (Å²) in [6.45, 7) is 4.22. The molecule has 1 aromatic carbocycles. The van der Waals surface area contributed by atoms with Crippen molar-refractivity contribution in [3.8, 4) is 11.5 Å². The lowest BCUT2D eigenvalue weighted by Gasteiger charge is -2.49. The Hall–Kier alpha value is -1.75. The number of amides is 1. The molecule has 18 heavy (non-hydrogen) atoms. The number of phenols is 2. The Balaban J connectivity index is 2.16. The first-order chi connectivity index (χ1) is 8.35. The summed E-state index contributed by atoms with van der Waals surface area (Å²) < 4.78 is 0. The van der Waals surface area contributed by atoms with Gasteiger partial charge >= 0.3 is 0 Å². The largest absolute Gasteiger partial charge is 0.507 e. The lowest BCUT2D eigenvalue weighted by Crippen LogP contribution is -2.65. The average Bonchev–Trinajstić information content (AvgIpc) is 2.23. The molecule has 0 bridgehead atoms. The summed E-state index contributed by atoms with van der Waals surface area (Å²) in [5.41, 5.74) is -0.973. The van der Waals surface area contributed by atoms with Gasteiger partial charge in [-0.1, -0.05) is 19.9 Å². The third-order valence-electron chi connectivity index (χ3n) is 3.53. The van der Waals surface area contributed by atoms with Crippen molar-refractivity contribution in [1.82, 2.24) is 4.90 Å². The number of aliphatic hydroxyl groups is 1. The zero-order chi connectivity index (χ0) is 13.5. The minimum atomic E-state index is -0.865. The van der Waals surface area contributed by atoms with E-state index >= 15 is 0 Å². The monoisotopic (exact) mass is 251 g/mol. The normalized spacial score (nSPS) is 17.7. The van der Waals surface area contributed by atoms with Crippen molar-refractivity contribution < 1.29 is 20.1 Å². The van der Waals surface area contributed by atoms with Gasteiger partial charge in [-0.25, -0.2) is 0 Å². The topological polar surface area (TPSA) is 81.0 Å². The highest BCUT2D eigenvalue weighted by atomic mass is 16.3. The molecule has 0 aliphatic carbocycles. The van der Waals surface area contributed by atoms with Gasteiger partial charge in [0, 0.05) is 0 Å². The lowest BCUT2D eigenvalue weighted by atomic mass is 9.82. The van der Waals surface area contributed by atoms with Crippen molar-refractivity contribution in [1.29, 1.82) is 0 Å². The molecule has 0 atom stereocenters. The number of carbonyl (C=O) groups excluding carboxylic acids is 1. The maximum atomic E-state index is 12.1. The number of hydrogen-bond donors (Lipinski definition) is 3. The van der Waals surface area contributed by atoms with Crippen molar-refractivity contribution in [2.24, 2.45) is 5.92 Å². The number of β-amino-alcohol motifs (C(OH)–C–C–N with tert-alkyl or cyclic N) is 1. The van der Waals surface area contributed by atoms with Crippen molar-refractivity contribution in [3.05, 3.63) is 23.8 Å². The zero-order valence-electron chi connectivity index (χ0n) is 10.4. The van der Waals surface area contributed by atoms with Gasteiger partial charge in [-0.2, -0.15) is 0 Å². The molecule has 1 aromatic rings. The highest BCUT2D eigenvalue weighted by Gasteiger charge is 2.46. The van der Waals surface area contributed by atoms with Gasteiger partial charge in [0.1, 0.15) is 22.7 Å². The van der Waals surface area contributed by atoms with Gasteiger partial charge < -0.3 is 20.2 Å². The van der Waals surface area contributed by atoms with Gasteiger partial charge in [0.15, 0.2) is 0 Å². The minimum Gasteiger partial charge on any atom is -0.507 e. The van der Waals surface area contributed by atoms with Crippen LogP contribution < -0.4 is 0 Å². The molecule has 3 N–H and O–H groups in total. The molecule has 0 unspecified atom stereocenters. The number of hydrogen-bond acceptors (Lipinski definition) is 4. The van der Waals surface area contributed by atoms with E-state index in [9.17, 15) is 20.1 Å². The quantitative estimate of drug-likeness (QED) is 0.730. The standard InChI is InChI=1S/C13H17NO4/c1-8(2)13(18)6-14(7-13)12(17)11-9(15)4-3-5-10(11)16/h3-5,8,15-16,18H,6-7H2,1-2H3. The average molecular weight is 251 g/mol. The van der Waals surface area contributed by atoms with Gasteiger partial charge in [0.2, 0.25) is 0 Å². The van der Waals surface area contributed by atoms with Crippen LogP contribution in [-0.4, -0.2) is 44.8 Å². The Labute approximate surface area is 105 Å². The van der Waals surface area contributed by atoms with Crippen LogP contribution in [-0.2, 0) is 0 Å². The van der Waals surface area contributed by atoms with Crippen LogP contribution in [0.5, 0.6) is 11.5 Å². The lowest BCUT2D eigenvalue weighted by molar-refractivity contribution is -0.111. The molecule has 1 heterocycles. The van der Waals surface area contributed by atoms with Gasteiger partial charge in [-0.05, 0) is 18.1 Å². The van der Waals surface area contributed by atoms with Crippen LogP contribution in [0, 0.1) is 5.92 Å². The third kappa shape index (κ3) is 1.90. The smallest absolute Gasteiger partial charge is 0.261 e. The minimum absolute atomic E-state index is 0.0551. The molecule has 5 nitrogen and oxygen atoms in total. The number of phenolic OH excluding ortho intramolecular Hbond substituents is 2. The predicted octanol–water partition coefficient (Wildman–Crippen LogP) is 0.941. The fourth-order valence-corrected chi connectivity index (χ4v) is 2.03. The van der Waals surface area contributed by atoms with Crippen LogP contribution in [0.1, 0.15) is 24.2 Å². The van der Waals surface area contributed by atoms with E-state index in [-0.39, 0.29) is 36.1 Å². The van der Waals surface area contributed by atoms with Gasteiger partial charge in [0.05, 0.1) is 13.1 Å². The molecule has 1 fully saturated rings. The first kappa shape index (κ1) is 12.7. The molecule has 1 amide bonds. The molecular formula is C13H17NO4. The van der Waals surface area contributed by atoms with Gasteiger partial charge in [-0.15, -0.1) is 0 Å². The maximum absolute atomic E-state index is 12.1. The second kappa shape index (κ2) is 4.17. The Morgan fingerprint density at radius 2 is 1.78 bits per heavy atom. The molecule has 1 saturated heterocycles. The molecule has 5 heteroatoms. The van der Waals surface area contributed by atoms with E-state index in [0.717, 1.165) is 0 Å². The highest BCUT2D eigenvalue weighted by Crippen LogP contribution is 2.34. The predicted molar refractivity (Wildman–Crippen MR) is 65.5 cm³/mol. The number of likely N-dealkylation sites (tertiary alicyclic amines) is 1. The number of nitrogens with zero attached hydrogens (tertiary/aromatic N) is 1. The van der Waals surface area contributed by atoms with Crippen LogP contribution in [0.2, 0.25) is 0 Å². The van der Waals surface area contributed by atoms with E-state index in [1.807, 2.05) is 13.8 Å². The van der Waals surface area contributed by atoms with E-state index in [0.29, 0.717) is 0 Å². The Morgan fingerprint density at radius 3 is 2.22 bits per heavy atom. The van der Waals surface area contributed by atoms with Gasteiger partial charge in [0.25, 0.3) is 5.91 Å². The molecule has 2 rings (SSSR count). The molecule has 98 valence electrons. The summed E-state index contributed by atoms with van der Waals surface area (Å²) in [5, 5.41) is 29.3. The van der Waals surface area contributed by atoms with E-state index in [1.54, 1.807) is 0 Å². The summed E-state index contributed by atoms with van der Waals surface area (Å²) in [7, 11) is 0. The van der Waals surface area contributed by atoms with Crippen LogP contribution >= 0.6 is 0 Å². The van der Waals surface area contributed by atoms with Gasteiger partial charge in [-0.3, -0.25) is 4.79 Å². The van der Waals surface area contributed by atoms with Crippen LogP contribution in [0.3, 0.4) is 0 Å². The first-order valence-corrected chi connectivity index (χ1v) is 5.88. The molecule has 0 saturated carbocycles. The fourth-order valence-electron chi connectivity index (χ4n) is 2.03. The second-order valence-electron chi connectivity index (χ2n) is 5.09. The molecule has 0 spiro atoms. The van der Waals surface area contributed by atoms with Crippen LogP contribution in [0.25, 0.3) is 0 Å². The maximum Gasteiger partial charge on any atom is 0.261 e. The molecule has 0 aromatic heterocycles. The summed E-state index contributed by atoms with van der Waals surface area (Å²) in [6, 6.07) is 4.16. The van der Waals surface area contributed by atoms with Crippen molar-refractivity contribution in [2.75, 3.05) is 13.1 Å². The number of carbonyl (C=O) groups is 1. The summed E-state index contributed by atoms with van der Waals surface area (Å²) in [4.78, 5) is 13.5. The fraction of sp³-hybridized carbons (Fsp3) is 0.462. The Bertz CT molecular complexity index is 458. The van der Waals surface area contributed by atoms with Crippen LogP contribution in [0.4, 0.5) is 0 Å². The van der Waals surface area contributed by atoms with E-state index in [1.165, 1.54) is 23.1 Å². The van der Waals surface area contributed by atoms with E-state index in [4.69, 9.17) is 0 Å². The van der Waals surface area contributed by atoms with Crippen molar-refractivity contribution in [3.63, 3.8) is 0 Å². The Kier molecular flexibility index (Phi) is 2.94. The molecule has 0 radical (unpaired) electrons. The van der Waals surface area contributed by atoms with E-state index in [2.05, 4.69) is 0 Å². The molecule has 1 aliphatic rings.